The number of benzene rings is 2. The predicted octanol–water partition coefficient (Wildman–Crippen LogP) is 4.65. The van der Waals surface area contributed by atoms with E-state index in [9.17, 15) is 8.78 Å². The van der Waals surface area contributed by atoms with Crippen molar-refractivity contribution in [2.75, 3.05) is 0 Å². The summed E-state index contributed by atoms with van der Waals surface area (Å²) in [5, 5.41) is 3.32. The number of hydrogen-bond donors (Lipinski definition) is 1. The van der Waals surface area contributed by atoms with Gasteiger partial charge in [-0.1, -0.05) is 40.2 Å². The second-order valence-corrected chi connectivity index (χ2v) is 5.58. The van der Waals surface area contributed by atoms with Crippen LogP contribution in [0.25, 0.3) is 0 Å². The molecular weight excluding hydrogens is 340 g/mol. The molecule has 0 spiro atoms. The van der Waals surface area contributed by atoms with Crippen molar-refractivity contribution in [3.8, 4) is 5.75 Å². The van der Waals surface area contributed by atoms with Crippen molar-refractivity contribution in [3.05, 3.63) is 63.6 Å². The van der Waals surface area contributed by atoms with E-state index in [0.717, 1.165) is 16.6 Å². The molecule has 2 rings (SSSR count). The Morgan fingerprint density at radius 3 is 2.43 bits per heavy atom. The molecule has 0 bridgehead atoms. The van der Waals surface area contributed by atoms with Crippen molar-refractivity contribution in [1.82, 2.24) is 5.32 Å². The first-order valence-electron chi connectivity index (χ1n) is 6.54. The van der Waals surface area contributed by atoms with Crippen LogP contribution in [0.3, 0.4) is 0 Å². The van der Waals surface area contributed by atoms with E-state index in [0.29, 0.717) is 6.54 Å². The maximum Gasteiger partial charge on any atom is 0.387 e. The van der Waals surface area contributed by atoms with E-state index < -0.39 is 6.61 Å². The van der Waals surface area contributed by atoms with Crippen LogP contribution < -0.4 is 10.1 Å². The lowest BCUT2D eigenvalue weighted by molar-refractivity contribution is -0.0498. The third-order valence-corrected chi connectivity index (χ3v) is 3.74. The highest BCUT2D eigenvalue weighted by Crippen LogP contribution is 2.18. The highest BCUT2D eigenvalue weighted by atomic mass is 79.9. The van der Waals surface area contributed by atoms with E-state index in [2.05, 4.69) is 44.2 Å². The van der Waals surface area contributed by atoms with Crippen LogP contribution in [0, 0.1) is 6.92 Å². The fourth-order valence-corrected chi connectivity index (χ4v) is 2.56. The lowest BCUT2D eigenvalue weighted by Crippen LogP contribution is -2.13. The van der Waals surface area contributed by atoms with Crippen molar-refractivity contribution >= 4 is 15.9 Å². The summed E-state index contributed by atoms with van der Waals surface area (Å²) in [6.45, 7) is 0.657. The molecule has 5 heteroatoms. The summed E-state index contributed by atoms with van der Waals surface area (Å²) in [6, 6.07) is 12.9. The van der Waals surface area contributed by atoms with E-state index >= 15 is 0 Å². The van der Waals surface area contributed by atoms with Gasteiger partial charge >= 0.3 is 6.61 Å². The van der Waals surface area contributed by atoms with Gasteiger partial charge in [-0.05, 0) is 41.8 Å². The molecule has 0 aromatic heterocycles. The summed E-state index contributed by atoms with van der Waals surface area (Å²) in [7, 11) is 0. The molecule has 0 fully saturated rings. The summed E-state index contributed by atoms with van der Waals surface area (Å²) in [6.07, 6.45) is 0. The molecule has 0 saturated carbocycles. The smallest absolute Gasteiger partial charge is 0.387 e. The van der Waals surface area contributed by atoms with Gasteiger partial charge in [0.25, 0.3) is 0 Å². The lowest BCUT2D eigenvalue weighted by Gasteiger charge is -2.09. The third kappa shape index (κ3) is 5.10. The first kappa shape index (κ1) is 15.9. The normalized spacial score (nSPS) is 10.9. The molecule has 0 radical (unpaired) electrons. The molecule has 1 N–H and O–H groups in total. The highest BCUT2D eigenvalue weighted by molar-refractivity contribution is 9.10. The van der Waals surface area contributed by atoms with Crippen LogP contribution in [0.15, 0.2) is 46.9 Å². The monoisotopic (exact) mass is 355 g/mol. The molecule has 0 unspecified atom stereocenters. The van der Waals surface area contributed by atoms with E-state index in [1.807, 2.05) is 6.92 Å². The summed E-state index contributed by atoms with van der Waals surface area (Å²) < 4.78 is 29.5. The number of hydrogen-bond acceptors (Lipinski definition) is 2. The Bertz CT molecular complexity index is 587. The minimum absolute atomic E-state index is 0.176. The summed E-state index contributed by atoms with van der Waals surface area (Å²) in [5.41, 5.74) is 3.40. The summed E-state index contributed by atoms with van der Waals surface area (Å²) >= 11 is 3.54. The maximum absolute atomic E-state index is 12.0. The fourth-order valence-electron chi connectivity index (χ4n) is 1.93. The van der Waals surface area contributed by atoms with Crippen molar-refractivity contribution in [1.29, 1.82) is 0 Å². The van der Waals surface area contributed by atoms with Gasteiger partial charge in [-0.15, -0.1) is 0 Å². The zero-order chi connectivity index (χ0) is 15.2. The second-order valence-electron chi connectivity index (χ2n) is 4.72. The standard InChI is InChI=1S/C16H16BrF2NO/c1-11-2-5-13(15(17)8-11)10-20-9-12-3-6-14(7-4-12)21-16(18)19/h2-8,16,20H,9-10H2,1H3. The molecule has 0 aliphatic heterocycles. The van der Waals surface area contributed by atoms with Gasteiger partial charge in [-0.2, -0.15) is 8.78 Å². The van der Waals surface area contributed by atoms with Crippen molar-refractivity contribution in [2.45, 2.75) is 26.6 Å². The van der Waals surface area contributed by atoms with Crippen LogP contribution >= 0.6 is 15.9 Å². The molecule has 112 valence electrons. The van der Waals surface area contributed by atoms with E-state index in [1.54, 1.807) is 24.3 Å². The molecule has 0 aliphatic carbocycles. The fraction of sp³-hybridized carbons (Fsp3) is 0.250. The maximum atomic E-state index is 12.0. The minimum atomic E-state index is -2.78. The van der Waals surface area contributed by atoms with Gasteiger partial charge in [0.15, 0.2) is 0 Å². The molecule has 0 atom stereocenters. The first-order valence-corrected chi connectivity index (χ1v) is 7.33. The molecule has 0 aliphatic rings. The van der Waals surface area contributed by atoms with Gasteiger partial charge in [0.1, 0.15) is 5.75 Å². The molecule has 2 aromatic rings. The Morgan fingerprint density at radius 2 is 1.81 bits per heavy atom. The average molecular weight is 356 g/mol. The van der Waals surface area contributed by atoms with Crippen LogP contribution in [0.4, 0.5) is 8.78 Å². The highest BCUT2D eigenvalue weighted by Gasteiger charge is 2.04. The van der Waals surface area contributed by atoms with Crippen LogP contribution in [-0.4, -0.2) is 6.61 Å². The van der Waals surface area contributed by atoms with Gasteiger partial charge in [0.2, 0.25) is 0 Å². The number of aryl methyl sites for hydroxylation is 1. The SMILES string of the molecule is Cc1ccc(CNCc2ccc(OC(F)F)cc2)c(Br)c1. The molecule has 0 heterocycles. The zero-order valence-electron chi connectivity index (χ0n) is 11.6. The number of ether oxygens (including phenoxy) is 1. The van der Waals surface area contributed by atoms with Crippen LogP contribution in [0.2, 0.25) is 0 Å². The van der Waals surface area contributed by atoms with Crippen molar-refractivity contribution < 1.29 is 13.5 Å². The summed E-state index contributed by atoms with van der Waals surface area (Å²) in [4.78, 5) is 0. The Labute approximate surface area is 131 Å². The van der Waals surface area contributed by atoms with Crippen molar-refractivity contribution in [2.24, 2.45) is 0 Å². The third-order valence-electron chi connectivity index (χ3n) is 3.00. The Morgan fingerprint density at radius 1 is 1.10 bits per heavy atom. The van der Waals surface area contributed by atoms with E-state index in [4.69, 9.17) is 0 Å². The Hall–Kier alpha value is -1.46. The Kier molecular flexibility index (Phi) is 5.70. The summed E-state index contributed by atoms with van der Waals surface area (Å²) in [5.74, 6) is 0.176. The first-order chi connectivity index (χ1) is 10.0. The molecule has 2 aromatic carbocycles. The number of rotatable bonds is 6. The van der Waals surface area contributed by atoms with Gasteiger partial charge in [0, 0.05) is 17.6 Å². The minimum Gasteiger partial charge on any atom is -0.435 e. The average Bonchev–Trinajstić information content (AvgIpc) is 2.42. The van der Waals surface area contributed by atoms with Gasteiger partial charge < -0.3 is 10.1 Å². The topological polar surface area (TPSA) is 21.3 Å². The number of nitrogens with one attached hydrogen (secondary N) is 1. The number of alkyl halides is 2. The molecular formula is C16H16BrF2NO. The predicted molar refractivity (Wildman–Crippen MR) is 82.5 cm³/mol. The molecule has 21 heavy (non-hydrogen) atoms. The van der Waals surface area contributed by atoms with Crippen LogP contribution in [-0.2, 0) is 13.1 Å². The zero-order valence-corrected chi connectivity index (χ0v) is 13.2. The largest absolute Gasteiger partial charge is 0.435 e. The molecule has 0 amide bonds. The van der Waals surface area contributed by atoms with Gasteiger partial charge in [-0.3, -0.25) is 0 Å². The van der Waals surface area contributed by atoms with Crippen molar-refractivity contribution in [3.63, 3.8) is 0 Å². The van der Waals surface area contributed by atoms with Gasteiger partial charge in [-0.25, -0.2) is 0 Å². The molecule has 0 saturated heterocycles. The number of halogens is 3. The van der Waals surface area contributed by atoms with E-state index in [1.165, 1.54) is 11.1 Å². The Balaban J connectivity index is 1.85. The molecule has 2 nitrogen and oxygen atoms in total. The van der Waals surface area contributed by atoms with Crippen LogP contribution in [0.1, 0.15) is 16.7 Å². The second kappa shape index (κ2) is 7.52. The van der Waals surface area contributed by atoms with E-state index in [-0.39, 0.29) is 5.75 Å². The lowest BCUT2D eigenvalue weighted by atomic mass is 10.1. The van der Waals surface area contributed by atoms with Gasteiger partial charge in [0.05, 0.1) is 0 Å². The quantitative estimate of drug-likeness (QED) is 0.814. The van der Waals surface area contributed by atoms with Crippen LogP contribution in [0.5, 0.6) is 5.75 Å².